The summed E-state index contributed by atoms with van der Waals surface area (Å²) in [5, 5.41) is 2.14. The number of amides is 2. The lowest BCUT2D eigenvalue weighted by atomic mass is 10.1. The van der Waals surface area contributed by atoms with Gasteiger partial charge in [0.15, 0.2) is 4.32 Å². The Bertz CT molecular complexity index is 1270. The van der Waals surface area contributed by atoms with Crippen molar-refractivity contribution in [3.63, 3.8) is 0 Å². The SMILES string of the molecule is O=C(NN1C(=O)/C(=C\c2ccccc2OCc2ccc(Cl)cc2Cl)SC1=S)c1ccccc1. The minimum absolute atomic E-state index is 0.231. The third-order valence-electron chi connectivity index (χ3n) is 4.65. The van der Waals surface area contributed by atoms with Crippen molar-refractivity contribution in [3.05, 3.63) is 104 Å². The highest BCUT2D eigenvalue weighted by Gasteiger charge is 2.34. The number of nitrogens with zero attached hydrogens (tertiary/aromatic N) is 1. The van der Waals surface area contributed by atoms with Gasteiger partial charge in [-0.25, -0.2) is 0 Å². The largest absolute Gasteiger partial charge is 0.488 e. The third kappa shape index (κ3) is 5.57. The first-order valence-corrected chi connectivity index (χ1v) is 11.7. The molecule has 1 N–H and O–H groups in total. The number of hydrogen-bond donors (Lipinski definition) is 1. The molecule has 1 fully saturated rings. The molecule has 1 heterocycles. The zero-order chi connectivity index (χ0) is 23.4. The number of thiocarbonyl (C=S) groups is 1. The molecule has 1 aliphatic rings. The van der Waals surface area contributed by atoms with E-state index in [4.69, 9.17) is 40.2 Å². The number of thioether (sulfide) groups is 1. The molecule has 3 aromatic carbocycles. The van der Waals surface area contributed by atoms with Gasteiger partial charge in [0.1, 0.15) is 12.4 Å². The molecule has 3 aromatic rings. The van der Waals surface area contributed by atoms with Crippen LogP contribution >= 0.6 is 47.2 Å². The molecule has 1 aliphatic heterocycles. The number of benzene rings is 3. The summed E-state index contributed by atoms with van der Waals surface area (Å²) >= 11 is 18.6. The van der Waals surface area contributed by atoms with Crippen molar-refractivity contribution in [1.29, 1.82) is 0 Å². The number of ether oxygens (including phenoxy) is 1. The highest BCUT2D eigenvalue weighted by Crippen LogP contribution is 2.34. The number of hydrogen-bond acceptors (Lipinski definition) is 5. The van der Waals surface area contributed by atoms with Gasteiger partial charge in [0.25, 0.3) is 11.8 Å². The molecular formula is C24H16Cl2N2O3S2. The van der Waals surface area contributed by atoms with E-state index in [9.17, 15) is 9.59 Å². The number of halogens is 2. The minimum atomic E-state index is -0.420. The zero-order valence-corrected chi connectivity index (χ0v) is 20.1. The van der Waals surface area contributed by atoms with Crippen molar-refractivity contribution in [2.24, 2.45) is 0 Å². The first-order chi connectivity index (χ1) is 15.9. The summed E-state index contributed by atoms with van der Waals surface area (Å²) in [6, 6.07) is 21.1. The molecule has 0 saturated carbocycles. The Hall–Kier alpha value is -2.84. The second-order valence-corrected chi connectivity index (χ2v) is 9.41. The van der Waals surface area contributed by atoms with Crippen LogP contribution < -0.4 is 10.2 Å². The van der Waals surface area contributed by atoms with Crippen LogP contribution in [0.15, 0.2) is 77.7 Å². The fourth-order valence-electron chi connectivity index (χ4n) is 2.99. The summed E-state index contributed by atoms with van der Waals surface area (Å²) in [6.07, 6.45) is 1.69. The smallest absolute Gasteiger partial charge is 0.285 e. The van der Waals surface area contributed by atoms with Gasteiger partial charge >= 0.3 is 0 Å². The Morgan fingerprint density at radius 3 is 2.55 bits per heavy atom. The normalized spacial score (nSPS) is 14.6. The maximum absolute atomic E-state index is 12.9. The molecule has 2 amide bonds. The van der Waals surface area contributed by atoms with Crippen molar-refractivity contribution in [3.8, 4) is 5.75 Å². The number of carbonyl (C=O) groups is 2. The topological polar surface area (TPSA) is 58.6 Å². The van der Waals surface area contributed by atoms with Gasteiger partial charge in [0, 0.05) is 26.7 Å². The number of nitrogens with one attached hydrogen (secondary N) is 1. The summed E-state index contributed by atoms with van der Waals surface area (Å²) in [6.45, 7) is 0.231. The van der Waals surface area contributed by atoms with Gasteiger partial charge in [-0.2, -0.15) is 5.01 Å². The maximum atomic E-state index is 12.9. The predicted octanol–water partition coefficient (Wildman–Crippen LogP) is 6.12. The van der Waals surface area contributed by atoms with Gasteiger partial charge in [-0.1, -0.05) is 77.4 Å². The van der Waals surface area contributed by atoms with Gasteiger partial charge in [-0.3, -0.25) is 15.0 Å². The number of para-hydroxylation sites is 1. The van der Waals surface area contributed by atoms with Gasteiger partial charge in [0.2, 0.25) is 0 Å². The van der Waals surface area contributed by atoms with E-state index in [1.54, 1.807) is 60.7 Å². The molecule has 0 atom stereocenters. The maximum Gasteiger partial charge on any atom is 0.285 e. The van der Waals surface area contributed by atoms with Crippen LogP contribution in [0.4, 0.5) is 0 Å². The third-order valence-corrected chi connectivity index (χ3v) is 6.54. The monoisotopic (exact) mass is 514 g/mol. The molecular weight excluding hydrogens is 499 g/mol. The van der Waals surface area contributed by atoms with Crippen LogP contribution in [0.2, 0.25) is 10.0 Å². The molecule has 9 heteroatoms. The average Bonchev–Trinajstić information content (AvgIpc) is 3.07. The van der Waals surface area contributed by atoms with E-state index >= 15 is 0 Å². The van der Waals surface area contributed by atoms with Crippen LogP contribution in [0.1, 0.15) is 21.5 Å². The average molecular weight is 515 g/mol. The van der Waals surface area contributed by atoms with E-state index in [2.05, 4.69) is 5.43 Å². The van der Waals surface area contributed by atoms with Crippen molar-refractivity contribution >= 4 is 69.4 Å². The van der Waals surface area contributed by atoms with Gasteiger partial charge in [0.05, 0.1) is 4.91 Å². The quantitative estimate of drug-likeness (QED) is 0.317. The molecule has 0 unspecified atom stereocenters. The van der Waals surface area contributed by atoms with Crippen molar-refractivity contribution in [2.75, 3.05) is 0 Å². The first-order valence-electron chi connectivity index (χ1n) is 9.72. The lowest BCUT2D eigenvalue weighted by molar-refractivity contribution is -0.123. The molecule has 4 rings (SSSR count). The van der Waals surface area contributed by atoms with Crippen molar-refractivity contribution < 1.29 is 14.3 Å². The second-order valence-electron chi connectivity index (χ2n) is 6.89. The highest BCUT2D eigenvalue weighted by molar-refractivity contribution is 8.26. The van der Waals surface area contributed by atoms with E-state index < -0.39 is 11.8 Å². The Kier molecular flexibility index (Phi) is 7.35. The predicted molar refractivity (Wildman–Crippen MR) is 136 cm³/mol. The molecule has 33 heavy (non-hydrogen) atoms. The van der Waals surface area contributed by atoms with Gasteiger partial charge in [-0.05, 0) is 48.6 Å². The number of carbonyl (C=O) groups excluding carboxylic acids is 2. The number of hydrazine groups is 1. The van der Waals surface area contributed by atoms with Crippen LogP contribution in [0, 0.1) is 0 Å². The molecule has 166 valence electrons. The molecule has 0 spiro atoms. The summed E-state index contributed by atoms with van der Waals surface area (Å²) < 4.78 is 6.19. The standard InChI is InChI=1S/C24H16Cl2N2O3S2/c25-18-11-10-17(19(26)13-18)14-31-20-9-5-4-8-16(20)12-21-23(30)28(24(32)33-21)27-22(29)15-6-2-1-3-7-15/h1-13H,14H2,(H,27,29)/b21-12+. The van der Waals surface area contributed by atoms with Crippen LogP contribution in [-0.4, -0.2) is 21.1 Å². The fourth-order valence-corrected chi connectivity index (χ4v) is 4.62. The Morgan fingerprint density at radius 1 is 1.06 bits per heavy atom. The van der Waals surface area contributed by atoms with E-state index in [1.807, 2.05) is 18.2 Å². The van der Waals surface area contributed by atoms with Crippen molar-refractivity contribution in [2.45, 2.75) is 6.61 Å². The highest BCUT2D eigenvalue weighted by atomic mass is 35.5. The molecule has 1 saturated heterocycles. The van der Waals surface area contributed by atoms with Crippen LogP contribution in [0.25, 0.3) is 6.08 Å². The molecule has 0 aliphatic carbocycles. The van der Waals surface area contributed by atoms with Crippen LogP contribution in [0.5, 0.6) is 5.75 Å². The molecule has 0 radical (unpaired) electrons. The van der Waals surface area contributed by atoms with E-state index in [1.165, 1.54) is 0 Å². The number of rotatable bonds is 6. The van der Waals surface area contributed by atoms with Crippen molar-refractivity contribution in [1.82, 2.24) is 10.4 Å². The summed E-state index contributed by atoms with van der Waals surface area (Å²) in [7, 11) is 0. The Labute approximate surface area is 210 Å². The molecule has 0 bridgehead atoms. The van der Waals surface area contributed by atoms with Gasteiger partial charge < -0.3 is 4.74 Å². The zero-order valence-electron chi connectivity index (χ0n) is 17.0. The molecule has 5 nitrogen and oxygen atoms in total. The summed E-state index contributed by atoms with van der Waals surface area (Å²) in [5.74, 6) is -0.260. The second kappa shape index (κ2) is 10.4. The fraction of sp³-hybridized carbons (Fsp3) is 0.0417. The van der Waals surface area contributed by atoms with E-state index in [0.29, 0.717) is 31.8 Å². The lowest BCUT2D eigenvalue weighted by Gasteiger charge is -2.15. The van der Waals surface area contributed by atoms with Gasteiger partial charge in [-0.15, -0.1) is 0 Å². The van der Waals surface area contributed by atoms with Crippen LogP contribution in [-0.2, 0) is 11.4 Å². The summed E-state index contributed by atoms with van der Waals surface area (Å²) in [5.41, 5.74) is 4.47. The van der Waals surface area contributed by atoms with E-state index in [-0.39, 0.29) is 10.9 Å². The lowest BCUT2D eigenvalue weighted by Crippen LogP contribution is -2.44. The summed E-state index contributed by atoms with van der Waals surface area (Å²) in [4.78, 5) is 25.7. The Morgan fingerprint density at radius 2 is 1.79 bits per heavy atom. The Balaban J connectivity index is 1.50. The van der Waals surface area contributed by atoms with Crippen LogP contribution in [0.3, 0.4) is 0 Å². The van der Waals surface area contributed by atoms with E-state index in [0.717, 1.165) is 22.3 Å². The molecule has 0 aromatic heterocycles. The first kappa shape index (κ1) is 23.3. The minimum Gasteiger partial charge on any atom is -0.488 e.